The zero-order valence-corrected chi connectivity index (χ0v) is 10.8. The molecule has 0 saturated heterocycles. The number of hydrogen-bond acceptors (Lipinski definition) is 1. The van der Waals surface area contributed by atoms with E-state index in [4.69, 9.17) is 11.6 Å². The first kappa shape index (κ1) is 9.74. The highest BCUT2D eigenvalue weighted by atomic mass is 127. The van der Waals surface area contributed by atoms with Crippen molar-refractivity contribution in [2.24, 2.45) is 0 Å². The van der Waals surface area contributed by atoms with Crippen molar-refractivity contribution in [3.8, 4) is 0 Å². The molecule has 0 unspecified atom stereocenters. The molecular formula is C10H8ClIS. The van der Waals surface area contributed by atoms with Crippen molar-refractivity contribution in [1.29, 1.82) is 0 Å². The topological polar surface area (TPSA) is 0 Å². The summed E-state index contributed by atoms with van der Waals surface area (Å²) in [5, 5.41) is 1.27. The van der Waals surface area contributed by atoms with Gasteiger partial charge in [-0.3, -0.25) is 0 Å². The van der Waals surface area contributed by atoms with Crippen LogP contribution in [0.25, 0.3) is 10.1 Å². The third-order valence-corrected chi connectivity index (χ3v) is 4.41. The molecule has 0 aliphatic heterocycles. The van der Waals surface area contributed by atoms with E-state index in [9.17, 15) is 0 Å². The number of aryl methyl sites for hydroxylation is 1. The molecule has 0 aliphatic rings. The van der Waals surface area contributed by atoms with Gasteiger partial charge in [0.2, 0.25) is 0 Å². The number of hydrogen-bond donors (Lipinski definition) is 0. The van der Waals surface area contributed by atoms with Gasteiger partial charge in [-0.2, -0.15) is 0 Å². The second kappa shape index (κ2) is 3.75. The predicted molar refractivity (Wildman–Crippen MR) is 68.9 cm³/mol. The van der Waals surface area contributed by atoms with Crippen molar-refractivity contribution in [2.45, 2.75) is 13.3 Å². The largest absolute Gasteiger partial charge is 0.123 e. The van der Waals surface area contributed by atoms with Crippen LogP contribution < -0.4 is 0 Å². The van der Waals surface area contributed by atoms with Crippen LogP contribution in [0.3, 0.4) is 0 Å². The molecule has 0 nitrogen and oxygen atoms in total. The van der Waals surface area contributed by atoms with Crippen molar-refractivity contribution in [3.63, 3.8) is 0 Å². The molecule has 0 bridgehead atoms. The fourth-order valence-electron chi connectivity index (χ4n) is 1.43. The van der Waals surface area contributed by atoms with Crippen LogP contribution in [0, 0.1) is 3.57 Å². The van der Waals surface area contributed by atoms with Gasteiger partial charge in [-0.25, -0.2) is 0 Å². The lowest BCUT2D eigenvalue weighted by atomic mass is 10.1. The monoisotopic (exact) mass is 322 g/mol. The predicted octanol–water partition coefficient (Wildman–Crippen LogP) is 4.72. The van der Waals surface area contributed by atoms with E-state index in [1.165, 1.54) is 19.2 Å². The molecule has 0 N–H and O–H groups in total. The van der Waals surface area contributed by atoms with E-state index in [1.54, 1.807) is 11.3 Å². The van der Waals surface area contributed by atoms with Gasteiger partial charge < -0.3 is 0 Å². The summed E-state index contributed by atoms with van der Waals surface area (Å²) in [6.07, 6.45) is 1.08. The second-order valence-corrected chi connectivity index (χ2v) is 5.69. The second-order valence-electron chi connectivity index (χ2n) is 2.85. The van der Waals surface area contributed by atoms with Crippen LogP contribution in [0.15, 0.2) is 18.2 Å². The number of thiophene rings is 1. The highest BCUT2D eigenvalue weighted by Gasteiger charge is 2.06. The highest BCUT2D eigenvalue weighted by Crippen LogP contribution is 2.34. The Hall–Kier alpha value is 0.200. The molecule has 1 aromatic carbocycles. The molecule has 0 atom stereocenters. The molecule has 0 spiro atoms. The van der Waals surface area contributed by atoms with Crippen LogP contribution in [0.4, 0.5) is 0 Å². The number of benzene rings is 1. The van der Waals surface area contributed by atoms with E-state index < -0.39 is 0 Å². The van der Waals surface area contributed by atoms with Crippen LogP contribution in [0.5, 0.6) is 0 Å². The quantitative estimate of drug-likeness (QED) is 0.666. The summed E-state index contributed by atoms with van der Waals surface area (Å²) in [7, 11) is 0. The fraction of sp³-hybridized carbons (Fsp3) is 0.200. The summed E-state index contributed by atoms with van der Waals surface area (Å²) < 4.78 is 3.57. The Morgan fingerprint density at radius 2 is 2.23 bits per heavy atom. The third kappa shape index (κ3) is 1.72. The summed E-state index contributed by atoms with van der Waals surface area (Å²) >= 11 is 10.0. The maximum atomic E-state index is 5.98. The Balaban J connectivity index is 2.82. The van der Waals surface area contributed by atoms with E-state index in [2.05, 4.69) is 41.6 Å². The molecule has 1 aromatic heterocycles. The minimum absolute atomic E-state index is 0.881. The van der Waals surface area contributed by atoms with Gasteiger partial charge in [-0.15, -0.1) is 11.3 Å². The van der Waals surface area contributed by atoms with Crippen LogP contribution in [-0.2, 0) is 6.42 Å². The number of fused-ring (bicyclic) bond motifs is 1. The third-order valence-electron chi connectivity index (χ3n) is 2.06. The zero-order valence-electron chi connectivity index (χ0n) is 7.10. The average molecular weight is 323 g/mol. The fourth-order valence-corrected chi connectivity index (χ4v) is 3.80. The van der Waals surface area contributed by atoms with Gasteiger partial charge in [0.05, 0.1) is 4.34 Å². The SMILES string of the molecule is CCc1c(I)ccc2cc(Cl)sc12. The molecular weight excluding hydrogens is 315 g/mol. The Bertz CT molecular complexity index is 447. The van der Waals surface area contributed by atoms with E-state index >= 15 is 0 Å². The first-order valence-electron chi connectivity index (χ1n) is 4.08. The van der Waals surface area contributed by atoms with Crippen molar-refractivity contribution in [1.82, 2.24) is 0 Å². The van der Waals surface area contributed by atoms with Crippen molar-refractivity contribution in [3.05, 3.63) is 31.7 Å². The van der Waals surface area contributed by atoms with Crippen LogP contribution >= 0.6 is 45.5 Å². The highest BCUT2D eigenvalue weighted by molar-refractivity contribution is 14.1. The van der Waals surface area contributed by atoms with Gasteiger partial charge in [-0.05, 0) is 52.1 Å². The molecule has 0 saturated carbocycles. The van der Waals surface area contributed by atoms with Crippen molar-refractivity contribution in [2.75, 3.05) is 0 Å². The molecule has 3 heteroatoms. The summed E-state index contributed by atoms with van der Waals surface area (Å²) in [6, 6.07) is 6.33. The number of rotatable bonds is 1. The van der Waals surface area contributed by atoms with Gasteiger partial charge >= 0.3 is 0 Å². The molecule has 0 amide bonds. The smallest absolute Gasteiger partial charge is 0.0940 e. The van der Waals surface area contributed by atoms with Gasteiger partial charge in [-0.1, -0.05) is 24.6 Å². The van der Waals surface area contributed by atoms with Gasteiger partial charge in [0, 0.05) is 8.27 Å². The lowest BCUT2D eigenvalue weighted by Crippen LogP contribution is -1.84. The number of halogens is 2. The van der Waals surface area contributed by atoms with E-state index in [-0.39, 0.29) is 0 Å². The van der Waals surface area contributed by atoms with Gasteiger partial charge in [0.25, 0.3) is 0 Å². The molecule has 0 radical (unpaired) electrons. The first-order valence-corrected chi connectivity index (χ1v) is 6.36. The van der Waals surface area contributed by atoms with Crippen molar-refractivity contribution >= 4 is 55.6 Å². The summed E-state index contributed by atoms with van der Waals surface area (Å²) in [4.78, 5) is 0. The molecule has 2 rings (SSSR count). The van der Waals surface area contributed by atoms with Gasteiger partial charge in [0.15, 0.2) is 0 Å². The summed E-state index contributed by atoms with van der Waals surface area (Å²) in [5.74, 6) is 0. The standard InChI is InChI=1S/C10H8ClIS/c1-2-7-8(12)4-3-6-5-9(11)13-10(6)7/h3-5H,2H2,1H3. The molecule has 2 aromatic rings. The van der Waals surface area contributed by atoms with E-state index in [1.807, 2.05) is 6.07 Å². The lowest BCUT2D eigenvalue weighted by Gasteiger charge is -2.01. The Labute approximate surface area is 100 Å². The average Bonchev–Trinajstić information content (AvgIpc) is 2.45. The molecule has 13 heavy (non-hydrogen) atoms. The van der Waals surface area contributed by atoms with E-state index in [0.29, 0.717) is 0 Å². The van der Waals surface area contributed by atoms with Crippen LogP contribution in [0.1, 0.15) is 12.5 Å². The molecule has 0 aliphatic carbocycles. The molecule has 0 fully saturated rings. The minimum atomic E-state index is 0.881. The molecule has 1 heterocycles. The minimum Gasteiger partial charge on any atom is -0.123 e. The molecule has 68 valence electrons. The van der Waals surface area contributed by atoms with Gasteiger partial charge in [0.1, 0.15) is 0 Å². The van der Waals surface area contributed by atoms with Crippen LogP contribution in [-0.4, -0.2) is 0 Å². The van der Waals surface area contributed by atoms with Crippen molar-refractivity contribution < 1.29 is 0 Å². The maximum absolute atomic E-state index is 5.98. The lowest BCUT2D eigenvalue weighted by molar-refractivity contribution is 1.15. The van der Waals surface area contributed by atoms with Crippen LogP contribution in [0.2, 0.25) is 4.34 Å². The maximum Gasteiger partial charge on any atom is 0.0940 e. The first-order chi connectivity index (χ1) is 6.22. The summed E-state index contributed by atoms with van der Waals surface area (Å²) in [5.41, 5.74) is 1.43. The Kier molecular flexibility index (Phi) is 2.81. The Morgan fingerprint density at radius 1 is 1.46 bits per heavy atom. The van der Waals surface area contributed by atoms with E-state index in [0.717, 1.165) is 10.8 Å². The summed E-state index contributed by atoms with van der Waals surface area (Å²) in [6.45, 7) is 2.19. The zero-order chi connectivity index (χ0) is 9.42. The normalized spacial score (nSPS) is 11.0. The Morgan fingerprint density at radius 3 is 2.92 bits per heavy atom.